The lowest BCUT2D eigenvalue weighted by Crippen LogP contribution is -1.91. The average molecular weight is 179 g/mol. The topological polar surface area (TPSA) is 26.3 Å². The Hall–Kier alpha value is 0.170. The van der Waals surface area contributed by atoms with E-state index >= 15 is 0 Å². The average Bonchev–Trinajstić information content (AvgIpc) is 1.97. The summed E-state index contributed by atoms with van der Waals surface area (Å²) >= 11 is 0. The molecule has 0 saturated carbocycles. The summed E-state index contributed by atoms with van der Waals surface area (Å²) in [7, 11) is 2.63. The molecule has 1 radical (unpaired) electrons. The van der Waals surface area contributed by atoms with Crippen molar-refractivity contribution >= 4 is 26.9 Å². The van der Waals surface area contributed by atoms with Crippen molar-refractivity contribution < 1.29 is 9.53 Å². The fraction of sp³-hybridized carbons (Fsp3) is 0.667. The molecule has 2 nitrogen and oxygen atoms in total. The van der Waals surface area contributed by atoms with Crippen LogP contribution in [0, 0.1) is 6.61 Å². The highest BCUT2D eigenvalue weighted by atomic mass is 33.1. The molecule has 0 spiro atoms. The van der Waals surface area contributed by atoms with Crippen molar-refractivity contribution in [2.45, 2.75) is 20.3 Å². The minimum atomic E-state index is -0.228. The molecule has 0 N–H and O–H groups in total. The monoisotopic (exact) mass is 179 g/mol. The standard InChI is InChI=1S/C6H11O2S2/c1-3-5-8-6(7)10-9-4-2/h5H,3-4H2,1-2H3. The van der Waals surface area contributed by atoms with Crippen LogP contribution in [0.4, 0.5) is 4.79 Å². The van der Waals surface area contributed by atoms with Crippen LogP contribution in [0.1, 0.15) is 20.3 Å². The number of ether oxygens (including phenoxy) is 1. The van der Waals surface area contributed by atoms with Gasteiger partial charge in [-0.15, -0.1) is 0 Å². The summed E-state index contributed by atoms with van der Waals surface area (Å²) in [6.07, 6.45) is 0.767. The SMILES string of the molecule is CC[CH]OC(=O)SSCC. The van der Waals surface area contributed by atoms with Gasteiger partial charge in [0.05, 0.1) is 0 Å². The minimum Gasteiger partial charge on any atom is -0.450 e. The maximum atomic E-state index is 10.6. The number of carbonyl (C=O) groups excluding carboxylic acids is 1. The van der Waals surface area contributed by atoms with Crippen LogP contribution < -0.4 is 0 Å². The van der Waals surface area contributed by atoms with E-state index in [1.54, 1.807) is 0 Å². The third-order valence-electron chi connectivity index (χ3n) is 0.591. The summed E-state index contributed by atoms with van der Waals surface area (Å²) in [5.74, 6) is 0.923. The highest BCUT2D eigenvalue weighted by Gasteiger charge is 2.01. The van der Waals surface area contributed by atoms with Crippen LogP contribution in [0.25, 0.3) is 0 Å². The quantitative estimate of drug-likeness (QED) is 0.489. The smallest absolute Gasteiger partial charge is 0.378 e. The first-order valence-corrected chi connectivity index (χ1v) is 5.44. The summed E-state index contributed by atoms with van der Waals surface area (Å²) in [5.41, 5.74) is 0. The van der Waals surface area contributed by atoms with E-state index in [1.165, 1.54) is 17.4 Å². The first-order valence-electron chi connectivity index (χ1n) is 3.13. The molecule has 0 rings (SSSR count). The largest absolute Gasteiger partial charge is 0.450 e. The molecular weight excluding hydrogens is 168 g/mol. The van der Waals surface area contributed by atoms with E-state index in [2.05, 4.69) is 4.74 Å². The Labute approximate surface area is 69.5 Å². The predicted molar refractivity (Wildman–Crippen MR) is 46.8 cm³/mol. The number of hydrogen-bond acceptors (Lipinski definition) is 4. The Kier molecular flexibility index (Phi) is 7.40. The number of rotatable bonds is 4. The van der Waals surface area contributed by atoms with E-state index in [4.69, 9.17) is 0 Å². The molecule has 4 heteroatoms. The molecule has 0 fully saturated rings. The molecule has 59 valence electrons. The molecule has 0 bridgehead atoms. The van der Waals surface area contributed by atoms with Crippen LogP contribution in [0.15, 0.2) is 0 Å². The van der Waals surface area contributed by atoms with Crippen molar-refractivity contribution in [3.05, 3.63) is 6.61 Å². The molecule has 10 heavy (non-hydrogen) atoms. The van der Waals surface area contributed by atoms with Gasteiger partial charge < -0.3 is 4.74 Å². The molecule has 0 saturated heterocycles. The van der Waals surface area contributed by atoms with E-state index in [0.717, 1.165) is 23.0 Å². The highest BCUT2D eigenvalue weighted by molar-refractivity contribution is 8.82. The molecule has 0 amide bonds. The normalized spacial score (nSPS) is 9.40. The second kappa shape index (κ2) is 7.28. The zero-order valence-corrected chi connectivity index (χ0v) is 7.76. The van der Waals surface area contributed by atoms with Crippen molar-refractivity contribution in [1.29, 1.82) is 0 Å². The maximum Gasteiger partial charge on any atom is 0.378 e. The zero-order valence-electron chi connectivity index (χ0n) is 6.12. The number of hydrogen-bond donors (Lipinski definition) is 0. The second-order valence-corrected chi connectivity index (χ2v) is 3.95. The van der Waals surface area contributed by atoms with Gasteiger partial charge in [-0.05, 0) is 6.42 Å². The van der Waals surface area contributed by atoms with Crippen LogP contribution in [0.3, 0.4) is 0 Å². The maximum absolute atomic E-state index is 10.6. The molecule has 0 heterocycles. The van der Waals surface area contributed by atoms with Gasteiger partial charge in [0.25, 0.3) is 0 Å². The molecule has 0 aromatic heterocycles. The van der Waals surface area contributed by atoms with Gasteiger partial charge in [0.2, 0.25) is 0 Å². The number of carbonyl (C=O) groups is 1. The Morgan fingerprint density at radius 1 is 1.60 bits per heavy atom. The van der Waals surface area contributed by atoms with Crippen LogP contribution in [-0.4, -0.2) is 11.1 Å². The summed E-state index contributed by atoms with van der Waals surface area (Å²) in [5, 5.41) is -0.228. The van der Waals surface area contributed by atoms with E-state index in [9.17, 15) is 4.79 Å². The Morgan fingerprint density at radius 3 is 2.80 bits per heavy atom. The fourth-order valence-corrected chi connectivity index (χ4v) is 1.36. The summed E-state index contributed by atoms with van der Waals surface area (Å²) in [6, 6.07) is 0. The summed E-state index contributed by atoms with van der Waals surface area (Å²) < 4.78 is 4.67. The Bertz CT molecular complexity index is 85.7. The Morgan fingerprint density at radius 2 is 2.30 bits per heavy atom. The van der Waals surface area contributed by atoms with Crippen molar-refractivity contribution in [3.8, 4) is 0 Å². The third-order valence-corrected chi connectivity index (χ3v) is 2.65. The van der Waals surface area contributed by atoms with Crippen LogP contribution in [-0.2, 0) is 4.74 Å². The van der Waals surface area contributed by atoms with E-state index in [-0.39, 0.29) is 5.30 Å². The second-order valence-electron chi connectivity index (χ2n) is 1.43. The van der Waals surface area contributed by atoms with Crippen LogP contribution in [0.2, 0.25) is 0 Å². The minimum absolute atomic E-state index is 0.228. The van der Waals surface area contributed by atoms with Gasteiger partial charge in [-0.2, -0.15) is 0 Å². The molecule has 0 aliphatic carbocycles. The van der Waals surface area contributed by atoms with Crippen molar-refractivity contribution in [2.75, 3.05) is 5.75 Å². The highest BCUT2D eigenvalue weighted by Crippen LogP contribution is 2.22. The van der Waals surface area contributed by atoms with Crippen molar-refractivity contribution in [2.24, 2.45) is 0 Å². The van der Waals surface area contributed by atoms with Gasteiger partial charge in [0.1, 0.15) is 6.61 Å². The lowest BCUT2D eigenvalue weighted by atomic mass is 10.5. The van der Waals surface area contributed by atoms with Gasteiger partial charge in [0, 0.05) is 16.5 Å². The molecule has 0 unspecified atom stereocenters. The molecular formula is C6H11O2S2. The molecule has 0 atom stereocenters. The molecule has 0 aliphatic rings. The predicted octanol–water partition coefficient (Wildman–Crippen LogP) is 3.10. The first kappa shape index (κ1) is 10.2. The van der Waals surface area contributed by atoms with Gasteiger partial charge in [-0.25, -0.2) is 4.79 Å². The summed E-state index contributed by atoms with van der Waals surface area (Å²) in [6.45, 7) is 5.42. The zero-order chi connectivity index (χ0) is 7.82. The fourth-order valence-electron chi connectivity index (χ4n) is 0.278. The molecule has 0 aromatic carbocycles. The lowest BCUT2D eigenvalue weighted by Gasteiger charge is -1.98. The lowest BCUT2D eigenvalue weighted by molar-refractivity contribution is 0.199. The van der Waals surface area contributed by atoms with E-state index < -0.39 is 0 Å². The van der Waals surface area contributed by atoms with Crippen molar-refractivity contribution in [1.82, 2.24) is 0 Å². The Balaban J connectivity index is 3.09. The van der Waals surface area contributed by atoms with Crippen LogP contribution >= 0.6 is 21.6 Å². The first-order chi connectivity index (χ1) is 4.81. The van der Waals surface area contributed by atoms with Crippen molar-refractivity contribution in [3.63, 3.8) is 0 Å². The molecule has 0 aliphatic heterocycles. The van der Waals surface area contributed by atoms with Gasteiger partial charge in [-0.3, -0.25) is 0 Å². The van der Waals surface area contributed by atoms with Crippen LogP contribution in [0.5, 0.6) is 0 Å². The van der Waals surface area contributed by atoms with Gasteiger partial charge in [-0.1, -0.05) is 24.6 Å². The summed E-state index contributed by atoms with van der Waals surface area (Å²) in [4.78, 5) is 10.6. The van der Waals surface area contributed by atoms with E-state index in [0.29, 0.717) is 0 Å². The van der Waals surface area contributed by atoms with Gasteiger partial charge in [0.15, 0.2) is 0 Å². The van der Waals surface area contributed by atoms with Gasteiger partial charge >= 0.3 is 5.30 Å². The van der Waals surface area contributed by atoms with E-state index in [1.807, 2.05) is 13.8 Å². The molecule has 0 aromatic rings. The third kappa shape index (κ3) is 6.29.